The van der Waals surface area contributed by atoms with Gasteiger partial charge in [-0.25, -0.2) is 0 Å². The normalized spacial score (nSPS) is 14.6. The van der Waals surface area contributed by atoms with Gasteiger partial charge in [-0.1, -0.05) is 27.7 Å². The first kappa shape index (κ1) is 15.3. The van der Waals surface area contributed by atoms with Crippen LogP contribution in [0.25, 0.3) is 0 Å². The van der Waals surface area contributed by atoms with Gasteiger partial charge < -0.3 is 10.0 Å². The molecule has 0 heterocycles. The second kappa shape index (κ2) is 7.53. The number of thiol groups is 1. The van der Waals surface area contributed by atoms with E-state index < -0.39 is 0 Å². The highest BCUT2D eigenvalue weighted by Crippen LogP contribution is 2.27. The Hall–Kier alpha value is 0.270. The third-order valence-electron chi connectivity index (χ3n) is 2.88. The summed E-state index contributed by atoms with van der Waals surface area (Å²) in [4.78, 5) is 2.34. The van der Waals surface area contributed by atoms with E-state index in [1.165, 1.54) is 0 Å². The fraction of sp³-hybridized carbons (Fsp3) is 1.00. The average Bonchev–Trinajstić information content (AvgIpc) is 2.12. The summed E-state index contributed by atoms with van der Waals surface area (Å²) in [5.41, 5.74) is 0.295. The van der Waals surface area contributed by atoms with Crippen molar-refractivity contribution >= 4 is 12.6 Å². The van der Waals surface area contributed by atoms with E-state index in [9.17, 15) is 0 Å². The summed E-state index contributed by atoms with van der Waals surface area (Å²) in [6, 6.07) is 0. The van der Waals surface area contributed by atoms with E-state index in [0.29, 0.717) is 11.3 Å². The van der Waals surface area contributed by atoms with Crippen molar-refractivity contribution in [1.29, 1.82) is 0 Å². The molecule has 0 radical (unpaired) electrons. The maximum absolute atomic E-state index is 8.99. The van der Waals surface area contributed by atoms with Crippen LogP contribution in [0.3, 0.4) is 0 Å². The lowest BCUT2D eigenvalue weighted by molar-refractivity contribution is 0.139. The summed E-state index contributed by atoms with van der Waals surface area (Å²) >= 11 is 4.43. The van der Waals surface area contributed by atoms with Gasteiger partial charge in [-0.3, -0.25) is 0 Å². The Morgan fingerprint density at radius 3 is 2.20 bits per heavy atom. The van der Waals surface area contributed by atoms with E-state index in [2.05, 4.69) is 45.2 Å². The molecule has 0 saturated carbocycles. The van der Waals surface area contributed by atoms with Crippen molar-refractivity contribution in [3.63, 3.8) is 0 Å². The lowest BCUT2D eigenvalue weighted by atomic mass is 9.81. The highest BCUT2D eigenvalue weighted by molar-refractivity contribution is 7.80. The number of aliphatic hydroxyl groups is 1. The quantitative estimate of drug-likeness (QED) is 0.659. The standard InChI is InChI=1S/C12H27NOS/c1-5-6-13(7-8-14)9-11(10-15)12(2,3)4/h11,14-15H,5-10H2,1-4H3. The average molecular weight is 233 g/mol. The van der Waals surface area contributed by atoms with Crippen LogP contribution in [0.4, 0.5) is 0 Å². The molecule has 1 atom stereocenters. The Kier molecular flexibility index (Phi) is 7.66. The van der Waals surface area contributed by atoms with Crippen LogP contribution in [0, 0.1) is 11.3 Å². The lowest BCUT2D eigenvalue weighted by Crippen LogP contribution is -2.38. The van der Waals surface area contributed by atoms with Crippen LogP contribution < -0.4 is 0 Å². The van der Waals surface area contributed by atoms with E-state index in [1.54, 1.807) is 0 Å². The molecule has 0 aliphatic rings. The van der Waals surface area contributed by atoms with Gasteiger partial charge in [0.15, 0.2) is 0 Å². The van der Waals surface area contributed by atoms with Gasteiger partial charge in [-0.15, -0.1) is 0 Å². The Morgan fingerprint density at radius 1 is 1.27 bits per heavy atom. The summed E-state index contributed by atoms with van der Waals surface area (Å²) in [6.45, 7) is 12.1. The molecule has 0 saturated heterocycles. The van der Waals surface area contributed by atoms with Crippen LogP contribution in [0.2, 0.25) is 0 Å². The largest absolute Gasteiger partial charge is 0.395 e. The fourth-order valence-electron chi connectivity index (χ4n) is 1.67. The zero-order valence-electron chi connectivity index (χ0n) is 10.7. The first-order valence-electron chi connectivity index (χ1n) is 5.89. The van der Waals surface area contributed by atoms with Crippen molar-refractivity contribution in [2.24, 2.45) is 11.3 Å². The molecule has 1 unspecified atom stereocenters. The van der Waals surface area contributed by atoms with Crippen LogP contribution >= 0.6 is 12.6 Å². The fourth-order valence-corrected chi connectivity index (χ4v) is 2.33. The first-order chi connectivity index (χ1) is 6.95. The molecule has 0 bridgehead atoms. The molecule has 2 nitrogen and oxygen atoms in total. The van der Waals surface area contributed by atoms with E-state index in [-0.39, 0.29) is 6.61 Å². The molecule has 0 aromatic rings. The molecule has 92 valence electrons. The summed E-state index contributed by atoms with van der Waals surface area (Å²) < 4.78 is 0. The lowest BCUT2D eigenvalue weighted by Gasteiger charge is -2.34. The van der Waals surface area contributed by atoms with Crippen LogP contribution in [-0.2, 0) is 0 Å². The number of aliphatic hydroxyl groups excluding tert-OH is 1. The van der Waals surface area contributed by atoms with Gasteiger partial charge in [0.25, 0.3) is 0 Å². The molecular formula is C12H27NOS. The summed E-state index contributed by atoms with van der Waals surface area (Å²) in [6.07, 6.45) is 1.14. The van der Waals surface area contributed by atoms with Gasteiger partial charge in [-0.05, 0) is 30.1 Å². The van der Waals surface area contributed by atoms with E-state index in [0.717, 1.165) is 31.8 Å². The second-order valence-corrected chi connectivity index (χ2v) is 5.63. The number of rotatable bonds is 7. The zero-order valence-corrected chi connectivity index (χ0v) is 11.6. The number of nitrogens with zero attached hydrogens (tertiary/aromatic N) is 1. The third-order valence-corrected chi connectivity index (χ3v) is 3.32. The molecule has 0 amide bonds. The third kappa shape index (κ3) is 6.44. The van der Waals surface area contributed by atoms with E-state index >= 15 is 0 Å². The topological polar surface area (TPSA) is 23.5 Å². The van der Waals surface area contributed by atoms with Gasteiger partial charge in [0, 0.05) is 13.1 Å². The SMILES string of the molecule is CCCN(CCO)CC(CS)C(C)(C)C. The smallest absolute Gasteiger partial charge is 0.0558 e. The van der Waals surface area contributed by atoms with Crippen LogP contribution in [0.15, 0.2) is 0 Å². The molecule has 0 aromatic heterocycles. The highest BCUT2D eigenvalue weighted by Gasteiger charge is 2.24. The van der Waals surface area contributed by atoms with E-state index in [4.69, 9.17) is 5.11 Å². The monoisotopic (exact) mass is 233 g/mol. The molecule has 0 aromatic carbocycles. The van der Waals surface area contributed by atoms with Crippen molar-refractivity contribution in [3.8, 4) is 0 Å². The summed E-state index contributed by atoms with van der Waals surface area (Å²) in [5.74, 6) is 1.49. The highest BCUT2D eigenvalue weighted by atomic mass is 32.1. The molecule has 0 rings (SSSR count). The van der Waals surface area contributed by atoms with Gasteiger partial charge in [0.1, 0.15) is 0 Å². The Morgan fingerprint density at radius 2 is 1.87 bits per heavy atom. The molecule has 15 heavy (non-hydrogen) atoms. The van der Waals surface area contributed by atoms with Crippen LogP contribution in [0.5, 0.6) is 0 Å². The maximum atomic E-state index is 8.99. The molecule has 0 spiro atoms. The zero-order chi connectivity index (χ0) is 11.9. The van der Waals surface area contributed by atoms with Gasteiger partial charge in [-0.2, -0.15) is 12.6 Å². The van der Waals surface area contributed by atoms with Gasteiger partial charge in [0.05, 0.1) is 6.61 Å². The predicted octanol–water partition coefficient (Wildman–Crippen LogP) is 2.28. The van der Waals surface area contributed by atoms with Crippen molar-refractivity contribution in [3.05, 3.63) is 0 Å². The molecule has 0 fully saturated rings. The number of hydrogen-bond acceptors (Lipinski definition) is 3. The Balaban J connectivity index is 4.21. The Labute approximate surface area is 100 Å². The van der Waals surface area contributed by atoms with Gasteiger partial charge in [0.2, 0.25) is 0 Å². The van der Waals surface area contributed by atoms with Crippen molar-refractivity contribution in [1.82, 2.24) is 4.90 Å². The minimum Gasteiger partial charge on any atom is -0.395 e. The summed E-state index contributed by atoms with van der Waals surface area (Å²) in [7, 11) is 0. The second-order valence-electron chi connectivity index (χ2n) is 5.27. The maximum Gasteiger partial charge on any atom is 0.0558 e. The molecular weight excluding hydrogens is 206 g/mol. The van der Waals surface area contributed by atoms with Crippen LogP contribution in [0.1, 0.15) is 34.1 Å². The molecule has 0 aliphatic heterocycles. The minimum atomic E-state index is 0.253. The first-order valence-corrected chi connectivity index (χ1v) is 6.53. The molecule has 3 heteroatoms. The molecule has 1 N–H and O–H groups in total. The van der Waals surface area contributed by atoms with Crippen molar-refractivity contribution in [2.75, 3.05) is 32.0 Å². The van der Waals surface area contributed by atoms with Crippen LogP contribution in [-0.4, -0.2) is 42.0 Å². The summed E-state index contributed by atoms with van der Waals surface area (Å²) in [5, 5.41) is 8.99. The number of hydrogen-bond donors (Lipinski definition) is 2. The van der Waals surface area contributed by atoms with E-state index in [1.807, 2.05) is 0 Å². The van der Waals surface area contributed by atoms with Crippen molar-refractivity contribution < 1.29 is 5.11 Å². The Bertz CT molecular complexity index is 150. The minimum absolute atomic E-state index is 0.253. The van der Waals surface area contributed by atoms with Crippen molar-refractivity contribution in [2.45, 2.75) is 34.1 Å². The predicted molar refractivity (Wildman–Crippen MR) is 70.6 cm³/mol. The molecule has 0 aliphatic carbocycles. The van der Waals surface area contributed by atoms with Gasteiger partial charge >= 0.3 is 0 Å².